The van der Waals surface area contributed by atoms with E-state index in [9.17, 15) is 4.79 Å². The van der Waals surface area contributed by atoms with E-state index in [0.717, 1.165) is 31.1 Å². The van der Waals surface area contributed by atoms with Crippen LogP contribution in [-0.2, 0) is 14.0 Å². The van der Waals surface area contributed by atoms with Gasteiger partial charge in [-0.15, -0.1) is 17.0 Å². The number of hydrogen-bond donors (Lipinski definition) is 2. The van der Waals surface area contributed by atoms with Crippen molar-refractivity contribution in [1.29, 1.82) is 0 Å². The normalized spacial score (nSPS) is 17.6. The van der Waals surface area contributed by atoms with E-state index >= 15 is 0 Å². The van der Waals surface area contributed by atoms with Crippen LogP contribution < -0.4 is 24.0 Å². The number of hydrogen-bond acceptors (Lipinski definition) is 5. The summed E-state index contributed by atoms with van der Waals surface area (Å²) < 4.78 is 49.1. The number of halogens is 4. The number of carbonyl (C=O) groups excluding carboxylic acids is 1. The summed E-state index contributed by atoms with van der Waals surface area (Å²) in [7, 11) is -2.40. The summed E-state index contributed by atoms with van der Waals surface area (Å²) in [4.78, 5) is 10.8. The Hall–Kier alpha value is 2.62. The van der Waals surface area contributed by atoms with Gasteiger partial charge in [0.05, 0.1) is 12.2 Å². The second-order valence-electron chi connectivity index (χ2n) is 9.75. The zero-order valence-electron chi connectivity index (χ0n) is 30.7. The molecule has 12 heteroatoms. The smallest absolute Gasteiger partial charge is 1.00 e. The van der Waals surface area contributed by atoms with Gasteiger partial charge in [-0.3, -0.25) is 0 Å². The Morgan fingerprint density at radius 1 is 1.26 bits per heavy atom. The largest absolute Gasteiger partial charge is 2.00 e. The summed E-state index contributed by atoms with van der Waals surface area (Å²) in [5.41, 5.74) is 0. The first-order chi connectivity index (χ1) is 18.2. The zero-order valence-corrected chi connectivity index (χ0v) is 34.1. The second kappa shape index (κ2) is 39.6. The van der Waals surface area contributed by atoms with E-state index in [1.807, 2.05) is 0 Å². The molecule has 0 aliphatic carbocycles. The second-order valence-corrected chi connectivity index (χ2v) is 16.9. The van der Waals surface area contributed by atoms with Gasteiger partial charge in [-0.05, 0) is 76.9 Å². The van der Waals surface area contributed by atoms with Crippen molar-refractivity contribution in [3.63, 3.8) is 0 Å². The van der Waals surface area contributed by atoms with E-state index in [4.69, 9.17) is 27.6 Å². The monoisotopic (exact) mass is 890 g/mol. The van der Waals surface area contributed by atoms with Gasteiger partial charge in [-0.25, -0.2) is 4.11 Å². The van der Waals surface area contributed by atoms with E-state index in [1.54, 1.807) is 6.92 Å². The molecule has 1 heterocycles. The standard InChI is InChI=1S/C10H22O2Si.C5H10Br2.C5H12O2.C5H10O.CH3.BrH.HI.Mg.H2O/c1-10(2,3)13(4,5)12-9-7-6-8-11;2*1-5(7)3-2-4-6;1-5-3-2-4-6-5;;;;;/h8H,6-7,9H2,1-5H3;5H,2-4H2,1H3;5-7H,2-4H2,1H3;5H,2-4H2,1H3;1H3;2*1H;;1H2/q;;;;-1;;;+2;/p-1/i;;;2*1D3;;;;. The van der Waals surface area contributed by atoms with Crippen molar-refractivity contribution >= 4 is 86.5 Å². The van der Waals surface area contributed by atoms with Crippen LogP contribution in [0.15, 0.2) is 0 Å². The number of aliphatic hydroxyl groups excluding tert-OH is 2. The summed E-state index contributed by atoms with van der Waals surface area (Å²) in [5, 5.41) is 18.2. The third kappa shape index (κ3) is 48.4. The molecule has 6 nitrogen and oxygen atoms in total. The average molecular weight is 894 g/mol. The molecule has 1 aliphatic rings. The fourth-order valence-electron chi connectivity index (χ4n) is 2.03. The number of ether oxygens (including phenoxy) is 1. The molecule has 234 valence electrons. The fourth-order valence-corrected chi connectivity index (χ4v) is 3.77. The summed E-state index contributed by atoms with van der Waals surface area (Å²) in [6, 6.07) is 0. The molecule has 0 aromatic carbocycles. The molecule has 0 aromatic rings. The van der Waals surface area contributed by atoms with Crippen LogP contribution in [0, 0.1) is 7.35 Å². The molecule has 0 amide bonds. The van der Waals surface area contributed by atoms with E-state index < -0.39 is 28.6 Å². The number of aldehydes is 1. The van der Waals surface area contributed by atoms with Crippen molar-refractivity contribution in [1.82, 2.24) is 0 Å². The maximum Gasteiger partial charge on any atom is 2.00 e. The van der Waals surface area contributed by atoms with Crippen molar-refractivity contribution in [2.45, 2.75) is 128 Å². The summed E-state index contributed by atoms with van der Waals surface area (Å²) >= 11 is 6.81. The van der Waals surface area contributed by atoms with Gasteiger partial charge in [0.2, 0.25) is 0 Å². The van der Waals surface area contributed by atoms with Crippen LogP contribution in [-0.4, -0.2) is 95.5 Å². The number of rotatable bonds is 11. The van der Waals surface area contributed by atoms with E-state index in [1.165, 1.54) is 12.8 Å². The van der Waals surface area contributed by atoms with Crippen molar-refractivity contribution < 1.29 is 61.8 Å². The van der Waals surface area contributed by atoms with Gasteiger partial charge in [-0.1, -0.05) is 59.6 Å². The van der Waals surface area contributed by atoms with Crippen LogP contribution in [0.4, 0.5) is 0 Å². The molecule has 0 spiro atoms. The van der Waals surface area contributed by atoms with Gasteiger partial charge in [0.15, 0.2) is 8.32 Å². The molecular formula is C26H60Br3IMgO6Si. The first kappa shape index (κ1) is 42.8. The van der Waals surface area contributed by atoms with Crippen LogP contribution in [0.25, 0.3) is 0 Å². The maximum absolute atomic E-state index is 10.1. The molecular weight excluding hydrogens is 827 g/mol. The zero-order chi connectivity index (χ0) is 32.4. The number of carbonyl (C=O) groups is 1. The summed E-state index contributed by atoms with van der Waals surface area (Å²) in [6.45, 7) is 14.6. The summed E-state index contributed by atoms with van der Waals surface area (Å²) in [5.74, 6) is 0. The molecule has 1 saturated heterocycles. The predicted molar refractivity (Wildman–Crippen MR) is 179 cm³/mol. The van der Waals surface area contributed by atoms with E-state index in [-0.39, 0.29) is 87.2 Å². The van der Waals surface area contributed by atoms with Crippen molar-refractivity contribution in [3.05, 3.63) is 7.35 Å². The molecule has 0 radical (unpaired) electrons. The minimum absolute atomic E-state index is 0. The quantitative estimate of drug-likeness (QED) is 0.0813. The molecule has 1 rings (SSSR count). The van der Waals surface area contributed by atoms with Gasteiger partial charge in [0.25, 0.3) is 0 Å². The van der Waals surface area contributed by atoms with Gasteiger partial charge in [0.1, 0.15) is 6.29 Å². The SMILES string of the molecule is Br.CC(Br)CCCBr.CC(C)(C)[Si](C)(C)OCCCC=O.CC(O)CCCO.O.[2H]C([2H])([2H])C1CCCO1.[2H][C-]([2H])[2H].[I-].[Mg+2]. The van der Waals surface area contributed by atoms with Crippen LogP contribution in [0.2, 0.25) is 18.1 Å². The molecule has 3 atom stereocenters. The van der Waals surface area contributed by atoms with Gasteiger partial charge in [0, 0.05) is 40.5 Å². The van der Waals surface area contributed by atoms with Crippen molar-refractivity contribution in [3.8, 4) is 0 Å². The summed E-state index contributed by atoms with van der Waals surface area (Å²) in [6.07, 6.45) is 7.22. The van der Waals surface area contributed by atoms with Crippen LogP contribution in [0.5, 0.6) is 0 Å². The van der Waals surface area contributed by atoms with Gasteiger partial charge >= 0.3 is 23.1 Å². The van der Waals surface area contributed by atoms with Crippen molar-refractivity contribution in [2.75, 3.05) is 25.2 Å². The van der Waals surface area contributed by atoms with Crippen LogP contribution in [0.3, 0.4) is 0 Å². The third-order valence-electron chi connectivity index (χ3n) is 5.18. The fraction of sp³-hybridized carbons (Fsp3) is 0.923. The Kier molecular flexibility index (Phi) is 44.6. The minimum atomic E-state index is -1.89. The molecule has 0 aromatic heterocycles. The van der Waals surface area contributed by atoms with Gasteiger partial charge in [-0.2, -0.15) is 0 Å². The topological polar surface area (TPSA) is 107 Å². The molecule has 1 fully saturated rings. The Morgan fingerprint density at radius 3 is 2.05 bits per heavy atom. The minimum Gasteiger partial charge on any atom is -1.00 e. The van der Waals surface area contributed by atoms with E-state index in [0.29, 0.717) is 37.1 Å². The Bertz CT molecular complexity index is 553. The van der Waals surface area contributed by atoms with E-state index in [2.05, 4.69) is 72.6 Å². The molecule has 1 aliphatic heterocycles. The molecule has 38 heavy (non-hydrogen) atoms. The van der Waals surface area contributed by atoms with Crippen LogP contribution >= 0.6 is 48.8 Å². The van der Waals surface area contributed by atoms with Crippen LogP contribution in [0.1, 0.15) is 101 Å². The molecule has 0 bridgehead atoms. The first-order valence-corrected chi connectivity index (χ1v) is 17.1. The predicted octanol–water partition coefficient (Wildman–Crippen LogP) is 4.08. The first-order valence-electron chi connectivity index (χ1n) is 15.1. The van der Waals surface area contributed by atoms with Gasteiger partial charge < -0.3 is 61.0 Å². The molecule has 4 N–H and O–H groups in total. The Morgan fingerprint density at radius 2 is 1.82 bits per heavy atom. The molecule has 3 unspecified atom stereocenters. The maximum atomic E-state index is 10.1. The third-order valence-corrected chi connectivity index (χ3v) is 10.7. The number of aliphatic hydroxyl groups is 2. The average Bonchev–Trinajstić information content (AvgIpc) is 3.35. The molecule has 0 saturated carbocycles. The Labute approximate surface area is 306 Å². The Balaban J connectivity index is -0.0000000626. The number of unbranched alkanes of at least 4 members (excludes halogenated alkanes) is 1. The number of alkyl halides is 2. The van der Waals surface area contributed by atoms with Crippen molar-refractivity contribution in [2.24, 2.45) is 0 Å².